The minimum atomic E-state index is -1.26. The van der Waals surface area contributed by atoms with E-state index in [-0.39, 0.29) is 6.61 Å². The Bertz CT molecular complexity index is 133. The lowest BCUT2D eigenvalue weighted by Crippen LogP contribution is -1.91. The number of hydrogen-bond donors (Lipinski definition) is 3. The highest BCUT2D eigenvalue weighted by molar-refractivity contribution is 5.89. The third-order valence-electron chi connectivity index (χ3n) is 0.368. The van der Waals surface area contributed by atoms with Gasteiger partial charge in [-0.05, 0) is 6.92 Å². The normalized spacial score (nSPS) is 8.55. The van der Waals surface area contributed by atoms with E-state index in [2.05, 4.69) is 0 Å². The van der Waals surface area contributed by atoms with Crippen LogP contribution < -0.4 is 0 Å². The van der Waals surface area contributed by atoms with Gasteiger partial charge in [-0.25, -0.2) is 9.59 Å². The molecular weight excluding hydrogens is 152 g/mol. The number of carboxylic acids is 2. The smallest absolute Gasteiger partial charge is 0.328 e. The number of carbonyl (C=O) groups is 2. The van der Waals surface area contributed by atoms with Crippen LogP contribution in [0.15, 0.2) is 12.2 Å². The predicted molar refractivity (Wildman–Crippen MR) is 37.2 cm³/mol. The summed E-state index contributed by atoms with van der Waals surface area (Å²) < 4.78 is 0. The minimum absolute atomic E-state index is 0.250. The van der Waals surface area contributed by atoms with Crippen LogP contribution in [0.25, 0.3) is 0 Å². The topological polar surface area (TPSA) is 94.8 Å². The Morgan fingerprint density at radius 1 is 1.18 bits per heavy atom. The summed E-state index contributed by atoms with van der Waals surface area (Å²) in [4.78, 5) is 19.1. The number of aliphatic hydroxyl groups excluding tert-OH is 1. The molecule has 3 N–H and O–H groups in total. The standard InChI is InChI=1S/C4H4O4.C2H6O/c5-3(6)1-2-4(7)8;1-2-3/h1-2H,(H,5,6)(H,7,8);3H,2H2,1H3. The number of carboxylic acid groups (broad SMARTS) is 2. The molecule has 0 amide bonds. The van der Waals surface area contributed by atoms with Crippen LogP contribution in [0.5, 0.6) is 0 Å². The van der Waals surface area contributed by atoms with E-state index in [1.807, 2.05) is 0 Å². The first-order chi connectivity index (χ1) is 5.04. The molecule has 0 heterocycles. The SMILES string of the molecule is CCO.O=C(O)C=CC(=O)O. The molecule has 11 heavy (non-hydrogen) atoms. The number of aliphatic hydroxyl groups is 1. The summed E-state index contributed by atoms with van der Waals surface area (Å²) in [7, 11) is 0. The van der Waals surface area contributed by atoms with E-state index in [1.54, 1.807) is 6.92 Å². The molecule has 0 fully saturated rings. The molecule has 0 aromatic heterocycles. The second-order valence-corrected chi connectivity index (χ2v) is 1.33. The molecule has 0 rings (SSSR count). The Labute approximate surface area is 63.6 Å². The quantitative estimate of drug-likeness (QED) is 0.485. The molecule has 0 radical (unpaired) electrons. The number of rotatable bonds is 2. The van der Waals surface area contributed by atoms with Crippen molar-refractivity contribution >= 4 is 11.9 Å². The number of hydrogen-bond acceptors (Lipinski definition) is 3. The van der Waals surface area contributed by atoms with Gasteiger partial charge in [0.2, 0.25) is 0 Å². The van der Waals surface area contributed by atoms with Crippen LogP contribution in [0.2, 0.25) is 0 Å². The summed E-state index contributed by atoms with van der Waals surface area (Å²) in [5.41, 5.74) is 0. The molecule has 0 aromatic carbocycles. The maximum atomic E-state index is 9.55. The first-order valence-corrected chi connectivity index (χ1v) is 2.79. The fourth-order valence-corrected chi connectivity index (χ4v) is 0.143. The van der Waals surface area contributed by atoms with Crippen LogP contribution in [0.3, 0.4) is 0 Å². The second-order valence-electron chi connectivity index (χ2n) is 1.33. The van der Waals surface area contributed by atoms with E-state index in [0.717, 1.165) is 0 Å². The van der Waals surface area contributed by atoms with Gasteiger partial charge in [0.1, 0.15) is 0 Å². The van der Waals surface area contributed by atoms with Crippen LogP contribution in [0.4, 0.5) is 0 Å². The Morgan fingerprint density at radius 2 is 1.36 bits per heavy atom. The monoisotopic (exact) mass is 162 g/mol. The average Bonchev–Trinajstić information content (AvgIpc) is 1.85. The van der Waals surface area contributed by atoms with Gasteiger partial charge in [-0.2, -0.15) is 0 Å². The van der Waals surface area contributed by atoms with Crippen LogP contribution in [-0.2, 0) is 9.59 Å². The second kappa shape index (κ2) is 8.64. The summed E-state index contributed by atoms with van der Waals surface area (Å²) in [5.74, 6) is -2.51. The van der Waals surface area contributed by atoms with Gasteiger partial charge < -0.3 is 15.3 Å². The Morgan fingerprint density at radius 3 is 1.45 bits per heavy atom. The van der Waals surface area contributed by atoms with Crippen molar-refractivity contribution in [2.24, 2.45) is 0 Å². The summed E-state index contributed by atoms with van der Waals surface area (Å²) >= 11 is 0. The molecule has 0 bridgehead atoms. The van der Waals surface area contributed by atoms with Gasteiger partial charge in [-0.3, -0.25) is 0 Å². The van der Waals surface area contributed by atoms with Gasteiger partial charge >= 0.3 is 11.9 Å². The van der Waals surface area contributed by atoms with Crippen molar-refractivity contribution in [3.63, 3.8) is 0 Å². The summed E-state index contributed by atoms with van der Waals surface area (Å²) in [6, 6.07) is 0. The molecule has 0 aliphatic rings. The molecule has 0 atom stereocenters. The van der Waals surface area contributed by atoms with Gasteiger partial charge in [0, 0.05) is 18.8 Å². The molecule has 0 saturated carbocycles. The van der Waals surface area contributed by atoms with Crippen molar-refractivity contribution in [3.05, 3.63) is 12.2 Å². The van der Waals surface area contributed by atoms with Crippen molar-refractivity contribution in [1.29, 1.82) is 0 Å². The maximum absolute atomic E-state index is 9.55. The lowest BCUT2D eigenvalue weighted by atomic mass is 10.5. The molecule has 0 aromatic rings. The maximum Gasteiger partial charge on any atom is 0.328 e. The molecule has 0 unspecified atom stereocenters. The van der Waals surface area contributed by atoms with Gasteiger partial charge in [0.15, 0.2) is 0 Å². The predicted octanol–water partition coefficient (Wildman–Crippen LogP) is -0.290. The molecule has 0 spiro atoms. The van der Waals surface area contributed by atoms with Crippen LogP contribution in [-0.4, -0.2) is 33.9 Å². The van der Waals surface area contributed by atoms with E-state index >= 15 is 0 Å². The van der Waals surface area contributed by atoms with Crippen LogP contribution in [0.1, 0.15) is 6.92 Å². The van der Waals surface area contributed by atoms with Crippen molar-refractivity contribution in [3.8, 4) is 0 Å². The van der Waals surface area contributed by atoms with E-state index < -0.39 is 11.9 Å². The molecule has 5 nitrogen and oxygen atoms in total. The van der Waals surface area contributed by atoms with E-state index in [4.69, 9.17) is 15.3 Å². The number of aliphatic carboxylic acids is 2. The molecule has 0 aliphatic heterocycles. The Hall–Kier alpha value is -1.36. The van der Waals surface area contributed by atoms with Crippen LogP contribution >= 0.6 is 0 Å². The van der Waals surface area contributed by atoms with Gasteiger partial charge in [0.05, 0.1) is 0 Å². The van der Waals surface area contributed by atoms with E-state index in [0.29, 0.717) is 12.2 Å². The highest BCUT2D eigenvalue weighted by Crippen LogP contribution is 1.70. The third kappa shape index (κ3) is 28.8. The highest BCUT2D eigenvalue weighted by Gasteiger charge is 1.88. The van der Waals surface area contributed by atoms with Crippen molar-refractivity contribution in [2.45, 2.75) is 6.92 Å². The average molecular weight is 162 g/mol. The Kier molecular flexibility index (Phi) is 9.68. The summed E-state index contributed by atoms with van der Waals surface area (Å²) in [6.07, 6.45) is 1.12. The summed E-state index contributed by atoms with van der Waals surface area (Å²) in [5, 5.41) is 23.2. The zero-order valence-corrected chi connectivity index (χ0v) is 6.02. The van der Waals surface area contributed by atoms with Gasteiger partial charge in [-0.1, -0.05) is 0 Å². The van der Waals surface area contributed by atoms with Gasteiger partial charge in [0.25, 0.3) is 0 Å². The molecule has 0 saturated heterocycles. The van der Waals surface area contributed by atoms with Crippen molar-refractivity contribution in [2.75, 3.05) is 6.61 Å². The zero-order chi connectivity index (χ0) is 9.28. The van der Waals surface area contributed by atoms with Crippen LogP contribution in [0, 0.1) is 0 Å². The van der Waals surface area contributed by atoms with Gasteiger partial charge in [-0.15, -0.1) is 0 Å². The molecule has 0 aliphatic carbocycles. The summed E-state index contributed by atoms with van der Waals surface area (Å²) in [6.45, 7) is 1.93. The first kappa shape index (κ1) is 12.3. The van der Waals surface area contributed by atoms with Crippen molar-refractivity contribution < 1.29 is 24.9 Å². The molecule has 5 heteroatoms. The Balaban J connectivity index is 0. The fraction of sp³-hybridized carbons (Fsp3) is 0.333. The fourth-order valence-electron chi connectivity index (χ4n) is 0.143. The van der Waals surface area contributed by atoms with E-state index in [1.165, 1.54) is 0 Å². The van der Waals surface area contributed by atoms with E-state index in [9.17, 15) is 9.59 Å². The largest absolute Gasteiger partial charge is 0.478 e. The minimum Gasteiger partial charge on any atom is -0.478 e. The molecule has 64 valence electrons. The molecular formula is C6H10O5. The third-order valence-corrected chi connectivity index (χ3v) is 0.368. The zero-order valence-electron chi connectivity index (χ0n) is 6.02. The lowest BCUT2D eigenvalue weighted by molar-refractivity contribution is -0.134. The first-order valence-electron chi connectivity index (χ1n) is 2.79. The highest BCUT2D eigenvalue weighted by atomic mass is 16.4. The van der Waals surface area contributed by atoms with Crippen molar-refractivity contribution in [1.82, 2.24) is 0 Å². The lowest BCUT2D eigenvalue weighted by Gasteiger charge is -1.74.